The molecular formula is C13H19NO6S. The lowest BCUT2D eigenvalue weighted by molar-refractivity contribution is 0.0602. The van der Waals surface area contributed by atoms with Crippen LogP contribution >= 0.6 is 0 Å². The molecule has 0 unspecified atom stereocenters. The van der Waals surface area contributed by atoms with Gasteiger partial charge in [0.1, 0.15) is 22.0 Å². The number of piperidine rings is 1. The van der Waals surface area contributed by atoms with E-state index in [1.807, 2.05) is 0 Å². The number of carboxylic acids is 1. The van der Waals surface area contributed by atoms with Gasteiger partial charge in [-0.25, -0.2) is 13.2 Å². The maximum absolute atomic E-state index is 12.7. The SMILES string of the molecule is COC1CCN(S(=O)(=O)c2c(C)oc(C)c2C(=O)O)CC1. The molecule has 1 fully saturated rings. The first-order valence-corrected chi connectivity index (χ1v) is 8.09. The number of hydrogen-bond acceptors (Lipinski definition) is 5. The Kier molecular flexibility index (Phi) is 4.40. The molecule has 0 bridgehead atoms. The number of carboxylic acid groups (broad SMARTS) is 1. The molecule has 0 amide bonds. The summed E-state index contributed by atoms with van der Waals surface area (Å²) < 4.78 is 37.1. The molecule has 1 aromatic heterocycles. The van der Waals surface area contributed by atoms with Gasteiger partial charge < -0.3 is 14.3 Å². The monoisotopic (exact) mass is 317 g/mol. The predicted molar refractivity (Wildman–Crippen MR) is 73.9 cm³/mol. The van der Waals surface area contributed by atoms with Crippen molar-refractivity contribution in [1.82, 2.24) is 4.31 Å². The van der Waals surface area contributed by atoms with Gasteiger partial charge in [-0.1, -0.05) is 0 Å². The summed E-state index contributed by atoms with van der Waals surface area (Å²) in [5.74, 6) is -1.08. The summed E-state index contributed by atoms with van der Waals surface area (Å²) in [7, 11) is -2.28. The Bertz CT molecular complexity index is 640. The van der Waals surface area contributed by atoms with Crippen molar-refractivity contribution in [1.29, 1.82) is 0 Å². The molecule has 0 radical (unpaired) electrons. The van der Waals surface area contributed by atoms with Gasteiger partial charge >= 0.3 is 5.97 Å². The zero-order valence-electron chi connectivity index (χ0n) is 12.2. The molecule has 1 aliphatic heterocycles. The number of methoxy groups -OCH3 is 1. The van der Waals surface area contributed by atoms with E-state index in [1.165, 1.54) is 18.2 Å². The molecule has 21 heavy (non-hydrogen) atoms. The summed E-state index contributed by atoms with van der Waals surface area (Å²) in [6.45, 7) is 3.54. The average Bonchev–Trinajstić information content (AvgIpc) is 2.74. The molecule has 1 saturated heterocycles. The number of aryl methyl sites for hydroxylation is 2. The molecule has 0 aromatic carbocycles. The highest BCUT2D eigenvalue weighted by molar-refractivity contribution is 7.89. The van der Waals surface area contributed by atoms with Gasteiger partial charge in [0.05, 0.1) is 6.10 Å². The van der Waals surface area contributed by atoms with E-state index in [0.717, 1.165) is 0 Å². The third-order valence-corrected chi connectivity index (χ3v) is 5.80. The minimum absolute atomic E-state index is 0.0441. The molecule has 1 aromatic rings. The number of rotatable bonds is 4. The summed E-state index contributed by atoms with van der Waals surface area (Å²) in [5.41, 5.74) is -0.277. The number of ether oxygens (including phenoxy) is 1. The summed E-state index contributed by atoms with van der Waals surface area (Å²) in [4.78, 5) is 11.1. The van der Waals surface area contributed by atoms with Crippen molar-refractivity contribution in [3.05, 3.63) is 17.1 Å². The number of furan rings is 1. The Hall–Kier alpha value is -1.38. The van der Waals surface area contributed by atoms with Gasteiger partial charge in [0.25, 0.3) is 0 Å². The lowest BCUT2D eigenvalue weighted by atomic mass is 10.1. The first kappa shape index (κ1) is 16.0. The van der Waals surface area contributed by atoms with E-state index < -0.39 is 16.0 Å². The molecule has 7 nitrogen and oxygen atoms in total. The third-order valence-electron chi connectivity index (χ3n) is 3.75. The van der Waals surface area contributed by atoms with Gasteiger partial charge in [0.2, 0.25) is 10.0 Å². The van der Waals surface area contributed by atoms with E-state index in [-0.39, 0.29) is 28.1 Å². The van der Waals surface area contributed by atoms with Crippen LogP contribution in [0.25, 0.3) is 0 Å². The maximum atomic E-state index is 12.7. The molecule has 8 heteroatoms. The fraction of sp³-hybridized carbons (Fsp3) is 0.615. The molecule has 0 atom stereocenters. The molecule has 118 valence electrons. The van der Waals surface area contributed by atoms with Crippen LogP contribution in [0.2, 0.25) is 0 Å². The van der Waals surface area contributed by atoms with Crippen LogP contribution in [0.15, 0.2) is 9.31 Å². The van der Waals surface area contributed by atoms with Crippen LogP contribution in [-0.4, -0.2) is 50.1 Å². The Morgan fingerprint density at radius 2 is 1.86 bits per heavy atom. The van der Waals surface area contributed by atoms with E-state index in [1.54, 1.807) is 7.11 Å². The fourth-order valence-corrected chi connectivity index (χ4v) is 4.50. The highest BCUT2D eigenvalue weighted by Crippen LogP contribution is 2.30. The Morgan fingerprint density at radius 1 is 1.29 bits per heavy atom. The van der Waals surface area contributed by atoms with Crippen LogP contribution in [0.1, 0.15) is 34.7 Å². The molecule has 1 N–H and O–H groups in total. The van der Waals surface area contributed by atoms with E-state index in [4.69, 9.17) is 9.15 Å². The molecule has 0 saturated carbocycles. The summed E-state index contributed by atoms with van der Waals surface area (Å²) in [6.07, 6.45) is 1.23. The zero-order chi connectivity index (χ0) is 15.8. The van der Waals surface area contributed by atoms with Crippen LogP contribution in [-0.2, 0) is 14.8 Å². The largest absolute Gasteiger partial charge is 0.478 e. The molecule has 2 heterocycles. The van der Waals surface area contributed by atoms with E-state index in [0.29, 0.717) is 25.9 Å². The van der Waals surface area contributed by atoms with Gasteiger partial charge in [-0.15, -0.1) is 0 Å². The zero-order valence-corrected chi connectivity index (χ0v) is 13.1. The van der Waals surface area contributed by atoms with E-state index >= 15 is 0 Å². The van der Waals surface area contributed by atoms with Crippen molar-refractivity contribution in [2.45, 2.75) is 37.7 Å². The smallest absolute Gasteiger partial charge is 0.340 e. The number of nitrogens with zero attached hydrogens (tertiary/aromatic N) is 1. The minimum atomic E-state index is -3.88. The lowest BCUT2D eigenvalue weighted by Gasteiger charge is -2.30. The molecular weight excluding hydrogens is 298 g/mol. The fourth-order valence-electron chi connectivity index (χ4n) is 2.66. The second kappa shape index (κ2) is 5.78. The first-order chi connectivity index (χ1) is 9.78. The van der Waals surface area contributed by atoms with E-state index in [2.05, 4.69) is 0 Å². The van der Waals surface area contributed by atoms with Crippen molar-refractivity contribution in [3.63, 3.8) is 0 Å². The highest BCUT2D eigenvalue weighted by Gasteiger charge is 2.36. The Morgan fingerprint density at radius 3 is 2.33 bits per heavy atom. The van der Waals surface area contributed by atoms with Crippen molar-refractivity contribution in [3.8, 4) is 0 Å². The average molecular weight is 317 g/mol. The highest BCUT2D eigenvalue weighted by atomic mass is 32.2. The first-order valence-electron chi connectivity index (χ1n) is 6.65. The second-order valence-electron chi connectivity index (χ2n) is 5.06. The Balaban J connectivity index is 2.39. The lowest BCUT2D eigenvalue weighted by Crippen LogP contribution is -2.41. The third kappa shape index (κ3) is 2.83. The van der Waals surface area contributed by atoms with Gasteiger partial charge in [-0.05, 0) is 26.7 Å². The van der Waals surface area contributed by atoms with Crippen LogP contribution in [0.4, 0.5) is 0 Å². The van der Waals surface area contributed by atoms with Gasteiger partial charge in [-0.3, -0.25) is 0 Å². The summed E-state index contributed by atoms with van der Waals surface area (Å²) in [5, 5.41) is 9.24. The topological polar surface area (TPSA) is 97.0 Å². The molecule has 1 aliphatic rings. The standard InChI is InChI=1S/C13H19NO6S/c1-8-11(13(15)16)12(9(2)20-8)21(17,18)14-6-4-10(19-3)5-7-14/h10H,4-7H2,1-3H3,(H,15,16). The van der Waals surface area contributed by atoms with Crippen LogP contribution in [0.3, 0.4) is 0 Å². The predicted octanol–water partition coefficient (Wildman–Crippen LogP) is 1.39. The quantitative estimate of drug-likeness (QED) is 0.901. The Labute approximate surface area is 123 Å². The number of aromatic carboxylic acids is 1. The van der Waals surface area contributed by atoms with Crippen LogP contribution in [0, 0.1) is 13.8 Å². The van der Waals surface area contributed by atoms with Crippen molar-refractivity contribution >= 4 is 16.0 Å². The summed E-state index contributed by atoms with van der Waals surface area (Å²) in [6, 6.07) is 0. The molecule has 0 spiro atoms. The minimum Gasteiger partial charge on any atom is -0.478 e. The van der Waals surface area contributed by atoms with Crippen molar-refractivity contribution in [2.75, 3.05) is 20.2 Å². The normalized spacial score (nSPS) is 18.0. The van der Waals surface area contributed by atoms with E-state index in [9.17, 15) is 18.3 Å². The van der Waals surface area contributed by atoms with Gasteiger partial charge in [0.15, 0.2) is 0 Å². The van der Waals surface area contributed by atoms with Gasteiger partial charge in [0, 0.05) is 20.2 Å². The van der Waals surface area contributed by atoms with Gasteiger partial charge in [-0.2, -0.15) is 4.31 Å². The summed E-state index contributed by atoms with van der Waals surface area (Å²) >= 11 is 0. The second-order valence-corrected chi connectivity index (χ2v) is 6.94. The van der Waals surface area contributed by atoms with Crippen molar-refractivity contribution in [2.24, 2.45) is 0 Å². The number of sulfonamides is 1. The molecule has 2 rings (SSSR count). The number of hydrogen-bond donors (Lipinski definition) is 1. The van der Waals surface area contributed by atoms with Crippen LogP contribution in [0.5, 0.6) is 0 Å². The van der Waals surface area contributed by atoms with Crippen molar-refractivity contribution < 1.29 is 27.5 Å². The number of carbonyl (C=O) groups is 1. The maximum Gasteiger partial charge on any atom is 0.340 e. The molecule has 0 aliphatic carbocycles. The van der Waals surface area contributed by atoms with Crippen LogP contribution < -0.4 is 0 Å².